The summed E-state index contributed by atoms with van der Waals surface area (Å²) in [6.07, 6.45) is 6.14. The molecule has 3 aromatic rings. The van der Waals surface area contributed by atoms with Gasteiger partial charge in [0.2, 0.25) is 94.5 Å². The topological polar surface area (TPSA) is 680 Å². The van der Waals surface area contributed by atoms with Gasteiger partial charge in [-0.1, -0.05) is 58.9 Å². The molecule has 3 fully saturated rings. The minimum atomic E-state index is -1.87. The van der Waals surface area contributed by atoms with Crippen molar-refractivity contribution in [1.29, 1.82) is 0 Å². The molecule has 0 radical (unpaired) electrons. The summed E-state index contributed by atoms with van der Waals surface area (Å²) < 4.78 is 0. The molecular weight excluding hydrogens is 1600 g/mol. The number of carbonyl (C=O) groups is 17. The maximum atomic E-state index is 14.8. The highest BCUT2D eigenvalue weighted by Crippen LogP contribution is 2.26. The molecule has 3 saturated heterocycles. The third kappa shape index (κ3) is 31.7. The SMILES string of the molecule is C=CC(=O)NCCCCCC(=O)N[C@@H](CO)C(=O)N[C@@H](Cc1cnc[nH]1)C(=O)N1CCC[C@H]1C(=O)N[C@@H](CCC(N)=O)C(=O)N1CCC[C@H]1C(=O)N[C@@H](CC(C)C)C(=O)N[C@@H](CCCCN)C(=O)N[C@@H](CO)C(=O)N[C@@H](CCCN=C(N)N)C(=O)N[C@@H](CC(N)=O)C(=O)N1CCC[C@H]1C(=O)N[C@@H](CC(C)C)C(=O)N[C@@H](Cc1c[nH]c2ccccc12)C(=O)O. The van der Waals surface area contributed by atoms with Crippen LogP contribution in [0.4, 0.5) is 0 Å². The van der Waals surface area contributed by atoms with Gasteiger partial charge in [0.05, 0.1) is 26.0 Å². The molecule has 0 saturated carbocycles. The number of aromatic nitrogens is 3. The van der Waals surface area contributed by atoms with Crippen LogP contribution >= 0.6 is 0 Å². The predicted molar refractivity (Wildman–Crippen MR) is 445 cm³/mol. The average Bonchev–Trinajstić information content (AvgIpc) is 1.65. The monoisotopic (exact) mass is 1730 g/mol. The molecule has 43 heteroatoms. The van der Waals surface area contributed by atoms with Gasteiger partial charge in [-0.2, -0.15) is 0 Å². The Balaban J connectivity index is 1.13. The van der Waals surface area contributed by atoms with Crippen LogP contribution in [0.1, 0.15) is 167 Å². The van der Waals surface area contributed by atoms with Gasteiger partial charge >= 0.3 is 5.97 Å². The largest absolute Gasteiger partial charge is 0.480 e. The first-order valence-electron chi connectivity index (χ1n) is 41.7. The van der Waals surface area contributed by atoms with Crippen LogP contribution in [0.25, 0.3) is 10.9 Å². The molecule has 3 aliphatic rings. The Labute approximate surface area is 711 Å². The van der Waals surface area contributed by atoms with Crippen molar-refractivity contribution in [2.75, 3.05) is 52.5 Å². The van der Waals surface area contributed by atoms with E-state index in [4.69, 9.17) is 28.7 Å². The van der Waals surface area contributed by atoms with E-state index in [1.54, 1.807) is 52.1 Å². The number of aliphatic carboxylic acids is 1. The van der Waals surface area contributed by atoms with Crippen molar-refractivity contribution in [3.63, 3.8) is 0 Å². The summed E-state index contributed by atoms with van der Waals surface area (Å²) in [5.41, 5.74) is 30.0. The molecule has 43 nitrogen and oxygen atoms in total. The lowest BCUT2D eigenvalue weighted by Gasteiger charge is -2.32. The number of hydrogen-bond acceptors (Lipinski definition) is 22. The maximum absolute atomic E-state index is 14.8. The summed E-state index contributed by atoms with van der Waals surface area (Å²) in [6.45, 7) is 8.76. The molecule has 5 heterocycles. The highest BCUT2D eigenvalue weighted by molar-refractivity contribution is 6.01. The van der Waals surface area contributed by atoms with E-state index in [2.05, 4.69) is 85.0 Å². The van der Waals surface area contributed by atoms with Crippen LogP contribution in [0.2, 0.25) is 0 Å². The second-order valence-electron chi connectivity index (χ2n) is 31.8. The van der Waals surface area contributed by atoms with Crippen LogP contribution in [0, 0.1) is 11.8 Å². The van der Waals surface area contributed by atoms with Gasteiger partial charge in [0.25, 0.3) is 0 Å². The van der Waals surface area contributed by atoms with Gasteiger partial charge in [-0.25, -0.2) is 9.78 Å². The number of aliphatic hydroxyl groups is 2. The maximum Gasteiger partial charge on any atom is 0.326 e. The van der Waals surface area contributed by atoms with Crippen molar-refractivity contribution >= 4 is 117 Å². The number of hydrogen-bond donors (Lipinski definition) is 21. The molecule has 0 aliphatic carbocycles. The Morgan fingerprint density at radius 2 is 1.01 bits per heavy atom. The number of unbranched alkanes of at least 4 members (excludes halogenated alkanes) is 3. The van der Waals surface area contributed by atoms with E-state index < -0.39 is 199 Å². The smallest absolute Gasteiger partial charge is 0.326 e. The molecular formula is C80H123N23O20. The number of nitrogens with zero attached hydrogens (tertiary/aromatic N) is 5. The van der Waals surface area contributed by atoms with Crippen LogP contribution in [-0.4, -0.2) is 282 Å². The zero-order valence-electron chi connectivity index (χ0n) is 70.1. The molecule has 16 amide bonds. The van der Waals surface area contributed by atoms with Gasteiger partial charge in [-0.3, -0.25) is 81.7 Å². The highest BCUT2D eigenvalue weighted by atomic mass is 16.4. The number of fused-ring (bicyclic) bond motifs is 1. The Hall–Kier alpha value is -12.2. The molecule has 2 aromatic heterocycles. The number of aromatic amines is 2. The fourth-order valence-corrected chi connectivity index (χ4v) is 14.9. The zero-order chi connectivity index (χ0) is 90.6. The highest BCUT2D eigenvalue weighted by Gasteiger charge is 2.45. The second-order valence-corrected chi connectivity index (χ2v) is 31.8. The predicted octanol–water partition coefficient (Wildman–Crippen LogP) is -5.16. The molecule has 3 aliphatic heterocycles. The Morgan fingerprint density at radius 3 is 1.50 bits per heavy atom. The molecule has 0 bridgehead atoms. The van der Waals surface area contributed by atoms with E-state index in [0.717, 1.165) is 21.9 Å². The van der Waals surface area contributed by atoms with E-state index in [-0.39, 0.29) is 159 Å². The lowest BCUT2D eigenvalue weighted by Crippen LogP contribution is -2.61. The van der Waals surface area contributed by atoms with E-state index in [1.165, 1.54) is 22.3 Å². The number of nitrogens with two attached hydrogens (primary N) is 5. The van der Waals surface area contributed by atoms with E-state index in [0.29, 0.717) is 43.5 Å². The molecule has 26 N–H and O–H groups in total. The minimum Gasteiger partial charge on any atom is -0.480 e. The number of aliphatic imine (C=N–C) groups is 1. The minimum absolute atomic E-state index is 0.00429. The van der Waals surface area contributed by atoms with Crippen molar-refractivity contribution in [1.82, 2.24) is 88.1 Å². The summed E-state index contributed by atoms with van der Waals surface area (Å²) in [4.78, 5) is 253. The molecule has 0 spiro atoms. The number of aliphatic hydroxyl groups excluding tert-OH is 2. The fraction of sp³-hybridized carbons (Fsp3) is 0.613. The van der Waals surface area contributed by atoms with Crippen molar-refractivity contribution < 1.29 is 96.8 Å². The van der Waals surface area contributed by atoms with Crippen LogP contribution in [0.15, 0.2) is 60.6 Å². The standard InChI is InChI=1S/C80H123N23O20/c1-6-65(108)87-29-13-7-8-25-66(109)91-58(41-104)71(114)97-55(37-47-40-86-43-90-47)77(120)102-32-16-22-60(102)73(116)94-52(26-27-63(82)106)76(119)101-31-15-23-61(101)74(117)95-53(34-44(2)3)69(112)92-50(20-11-12-28-81)68(111)100-59(42-105)72(115)93-51(21-14-30-88-80(84)85)67(110)98-56(38-64(83)107)78(121)103-33-17-24-62(103)75(118)96-54(35-45(4)5)70(113)99-57(79(122)123)36-46-39-89-49-19-10-9-18-48(46)49/h6,9-10,18-19,39-40,43-45,50-62,89,104-105H,1,7-8,11-17,20-38,41-42,81H2,2-5H3,(H2,82,106)(H2,83,107)(H,86,90)(H,87,108)(H,91,109)(H,92,112)(H,93,115)(H,94,116)(H,95,117)(H,96,118)(H,97,114)(H,98,110)(H,99,113)(H,100,111)(H,122,123)(H4,84,85,88)/t50-,51-,52-,53-,54-,55-,56-,57-,58-,59-,60-,61-,62-/m0/s1. The number of H-pyrrole nitrogens is 2. The quantitative estimate of drug-likeness (QED) is 0.0109. The van der Waals surface area contributed by atoms with Crippen LogP contribution in [0.3, 0.4) is 0 Å². The van der Waals surface area contributed by atoms with Crippen molar-refractivity contribution in [2.24, 2.45) is 45.5 Å². The molecule has 6 rings (SSSR count). The van der Waals surface area contributed by atoms with Crippen LogP contribution in [-0.2, 0) is 94.3 Å². The normalized spacial score (nSPS) is 17.4. The number of imidazole rings is 1. The van der Waals surface area contributed by atoms with Crippen LogP contribution in [0.5, 0.6) is 0 Å². The fourth-order valence-electron chi connectivity index (χ4n) is 14.9. The van der Waals surface area contributed by atoms with Gasteiger partial charge in [-0.05, 0) is 139 Å². The molecule has 13 atom stereocenters. The van der Waals surface area contributed by atoms with Gasteiger partial charge in [0.15, 0.2) is 5.96 Å². The van der Waals surface area contributed by atoms with E-state index in [1.807, 2.05) is 6.07 Å². The van der Waals surface area contributed by atoms with E-state index >= 15 is 0 Å². The summed E-state index contributed by atoms with van der Waals surface area (Å²) in [6, 6.07) is -11.9. The number of para-hydroxylation sites is 1. The number of carboxylic acid groups (broad SMARTS) is 1. The third-order valence-electron chi connectivity index (χ3n) is 21.2. The van der Waals surface area contributed by atoms with Gasteiger partial charge < -0.3 is 127 Å². The Morgan fingerprint density at radius 1 is 0.528 bits per heavy atom. The number of guanidine groups is 1. The average molecular weight is 1730 g/mol. The van der Waals surface area contributed by atoms with Gasteiger partial charge in [0.1, 0.15) is 78.5 Å². The number of rotatable bonds is 53. The number of nitrogens with one attached hydrogen (secondary N) is 13. The first-order chi connectivity index (χ1) is 58.6. The van der Waals surface area contributed by atoms with E-state index in [9.17, 15) is 96.8 Å². The van der Waals surface area contributed by atoms with Crippen LogP contribution < -0.4 is 87.2 Å². The third-order valence-corrected chi connectivity index (χ3v) is 21.2. The number of primary amides is 2. The number of likely N-dealkylation sites (tertiary alicyclic amines) is 3. The summed E-state index contributed by atoms with van der Waals surface area (Å²) in [7, 11) is 0. The number of benzene rings is 1. The molecule has 123 heavy (non-hydrogen) atoms. The molecule has 678 valence electrons. The number of amides is 16. The van der Waals surface area contributed by atoms with Crippen molar-refractivity contribution in [3.05, 3.63) is 66.9 Å². The first kappa shape index (κ1) is 99.7. The number of carbonyl (C=O) groups excluding carboxylic acids is 16. The zero-order valence-corrected chi connectivity index (χ0v) is 70.1. The molecule has 1 aromatic carbocycles. The Kier molecular flexibility index (Phi) is 40.8. The Bertz CT molecular complexity index is 4190. The summed E-state index contributed by atoms with van der Waals surface area (Å²) >= 11 is 0. The lowest BCUT2D eigenvalue weighted by atomic mass is 10.0. The summed E-state index contributed by atoms with van der Waals surface area (Å²) in [5.74, 6) is -15.9. The lowest BCUT2D eigenvalue weighted by molar-refractivity contribution is -0.145. The molecule has 0 unspecified atom stereocenters. The number of carboxylic acids is 1. The van der Waals surface area contributed by atoms with Crippen molar-refractivity contribution in [3.8, 4) is 0 Å². The summed E-state index contributed by atoms with van der Waals surface area (Å²) in [5, 5.41) is 60.4. The van der Waals surface area contributed by atoms with Gasteiger partial charge in [0, 0.05) is 87.4 Å². The van der Waals surface area contributed by atoms with Gasteiger partial charge in [-0.15, -0.1) is 0 Å². The first-order valence-corrected chi connectivity index (χ1v) is 41.7. The second kappa shape index (κ2) is 50.3. The van der Waals surface area contributed by atoms with Crippen molar-refractivity contribution in [2.45, 2.75) is 247 Å².